The number of para-hydroxylation sites is 1. The molecule has 0 radical (unpaired) electrons. The molecule has 0 fully saturated rings. The zero-order chi connectivity index (χ0) is 20.9. The minimum atomic E-state index is 0.00526. The molecule has 6 nitrogen and oxygen atoms in total. The number of carbonyl (C=O) groups is 1. The minimum absolute atomic E-state index is 0.00526. The Kier molecular flexibility index (Phi) is 9.55. The van der Waals surface area contributed by atoms with Gasteiger partial charge in [0.1, 0.15) is 5.75 Å². The number of nitrogens with zero attached hydrogens (tertiary/aromatic N) is 1. The summed E-state index contributed by atoms with van der Waals surface area (Å²) >= 11 is 0. The molecule has 0 aliphatic heterocycles. The molecule has 0 heterocycles. The predicted molar refractivity (Wildman–Crippen MR) is 119 cm³/mol. The average Bonchev–Trinajstić information content (AvgIpc) is 2.76. The number of guanidine groups is 1. The van der Waals surface area contributed by atoms with E-state index in [2.05, 4.69) is 20.9 Å². The molecule has 1 unspecified atom stereocenters. The standard InChI is InChI=1S/C23H32N4O2/c1-4-18(2)22(28)27-20-11-8-10-19(16-20)17-26-23(24-3)25-14-9-15-29-21-12-6-5-7-13-21/h5-8,10-13,16,18H,4,9,14-15,17H2,1-3H3,(H,27,28)(H2,24,25,26). The van der Waals surface area contributed by atoms with Crippen LogP contribution in [-0.2, 0) is 11.3 Å². The third-order valence-electron chi connectivity index (χ3n) is 4.56. The molecule has 0 spiro atoms. The maximum Gasteiger partial charge on any atom is 0.227 e. The maximum atomic E-state index is 12.1. The lowest BCUT2D eigenvalue weighted by Crippen LogP contribution is -2.37. The average molecular weight is 397 g/mol. The zero-order valence-electron chi connectivity index (χ0n) is 17.6. The predicted octanol–water partition coefficient (Wildman–Crippen LogP) is 3.81. The fourth-order valence-electron chi connectivity index (χ4n) is 2.60. The lowest BCUT2D eigenvalue weighted by Gasteiger charge is -2.14. The van der Waals surface area contributed by atoms with Gasteiger partial charge in [0.2, 0.25) is 5.91 Å². The van der Waals surface area contributed by atoms with E-state index in [0.717, 1.165) is 42.3 Å². The number of carbonyl (C=O) groups excluding carboxylic acids is 1. The topological polar surface area (TPSA) is 74.8 Å². The number of amides is 1. The Morgan fingerprint density at radius 3 is 2.62 bits per heavy atom. The van der Waals surface area contributed by atoms with Gasteiger partial charge in [0.15, 0.2) is 5.96 Å². The number of ether oxygens (including phenoxy) is 1. The van der Waals surface area contributed by atoms with Gasteiger partial charge in [0.25, 0.3) is 0 Å². The van der Waals surface area contributed by atoms with Crippen molar-refractivity contribution < 1.29 is 9.53 Å². The first-order chi connectivity index (χ1) is 14.1. The highest BCUT2D eigenvalue weighted by Gasteiger charge is 2.10. The molecule has 0 bridgehead atoms. The van der Waals surface area contributed by atoms with Crippen LogP contribution in [0.1, 0.15) is 32.3 Å². The van der Waals surface area contributed by atoms with Crippen molar-refractivity contribution in [3.63, 3.8) is 0 Å². The second-order valence-electron chi connectivity index (χ2n) is 6.87. The van der Waals surface area contributed by atoms with E-state index in [9.17, 15) is 4.79 Å². The van der Waals surface area contributed by atoms with Crippen LogP contribution in [0.3, 0.4) is 0 Å². The maximum absolute atomic E-state index is 12.1. The zero-order valence-corrected chi connectivity index (χ0v) is 17.6. The van der Waals surface area contributed by atoms with Gasteiger partial charge in [-0.15, -0.1) is 0 Å². The number of hydrogen-bond acceptors (Lipinski definition) is 3. The summed E-state index contributed by atoms with van der Waals surface area (Å²) < 4.78 is 5.69. The number of anilines is 1. The Hall–Kier alpha value is -3.02. The molecule has 0 aromatic heterocycles. The van der Waals surface area contributed by atoms with Crippen LogP contribution in [0.15, 0.2) is 59.6 Å². The van der Waals surface area contributed by atoms with Crippen LogP contribution >= 0.6 is 0 Å². The summed E-state index contributed by atoms with van der Waals surface area (Å²) in [6.45, 7) is 5.97. The van der Waals surface area contributed by atoms with Gasteiger partial charge >= 0.3 is 0 Å². The summed E-state index contributed by atoms with van der Waals surface area (Å²) in [5, 5.41) is 9.55. The van der Waals surface area contributed by atoms with Crippen molar-refractivity contribution >= 4 is 17.6 Å². The largest absolute Gasteiger partial charge is 0.494 e. The van der Waals surface area contributed by atoms with Gasteiger partial charge in [0.05, 0.1) is 6.61 Å². The number of rotatable bonds is 10. The van der Waals surface area contributed by atoms with Crippen molar-refractivity contribution in [2.24, 2.45) is 10.9 Å². The first-order valence-electron chi connectivity index (χ1n) is 10.1. The van der Waals surface area contributed by atoms with E-state index in [-0.39, 0.29) is 11.8 Å². The monoisotopic (exact) mass is 396 g/mol. The fourth-order valence-corrected chi connectivity index (χ4v) is 2.60. The van der Waals surface area contributed by atoms with Crippen molar-refractivity contribution in [1.29, 1.82) is 0 Å². The molecule has 0 saturated heterocycles. The third kappa shape index (κ3) is 8.25. The molecule has 29 heavy (non-hydrogen) atoms. The first kappa shape index (κ1) is 22.3. The summed E-state index contributed by atoms with van der Waals surface area (Å²) in [6, 6.07) is 17.7. The highest BCUT2D eigenvalue weighted by molar-refractivity contribution is 5.92. The normalized spacial score (nSPS) is 12.2. The Morgan fingerprint density at radius 1 is 1.10 bits per heavy atom. The van der Waals surface area contributed by atoms with E-state index in [0.29, 0.717) is 13.2 Å². The van der Waals surface area contributed by atoms with E-state index >= 15 is 0 Å². The fraction of sp³-hybridized carbons (Fsp3) is 0.391. The van der Waals surface area contributed by atoms with Gasteiger partial charge in [-0.25, -0.2) is 0 Å². The van der Waals surface area contributed by atoms with Gasteiger partial charge in [-0.2, -0.15) is 0 Å². The van der Waals surface area contributed by atoms with Gasteiger partial charge in [-0.05, 0) is 42.7 Å². The van der Waals surface area contributed by atoms with E-state index in [4.69, 9.17) is 4.74 Å². The second kappa shape index (κ2) is 12.4. The van der Waals surface area contributed by atoms with Crippen molar-refractivity contribution in [1.82, 2.24) is 10.6 Å². The van der Waals surface area contributed by atoms with Crippen molar-refractivity contribution in [3.8, 4) is 5.75 Å². The highest BCUT2D eigenvalue weighted by Crippen LogP contribution is 2.13. The minimum Gasteiger partial charge on any atom is -0.494 e. The highest BCUT2D eigenvalue weighted by atomic mass is 16.5. The van der Waals surface area contributed by atoms with E-state index in [1.807, 2.05) is 68.4 Å². The molecular weight excluding hydrogens is 364 g/mol. The molecule has 2 rings (SSSR count). The Labute approximate surface area is 173 Å². The Bertz CT molecular complexity index is 777. The first-order valence-corrected chi connectivity index (χ1v) is 10.1. The number of aliphatic imine (C=N–C) groups is 1. The quantitative estimate of drug-likeness (QED) is 0.324. The van der Waals surface area contributed by atoms with Crippen LogP contribution in [-0.4, -0.2) is 32.1 Å². The number of nitrogens with one attached hydrogen (secondary N) is 3. The van der Waals surface area contributed by atoms with Crippen molar-refractivity contribution in [2.45, 2.75) is 33.2 Å². The van der Waals surface area contributed by atoms with Gasteiger partial charge < -0.3 is 20.7 Å². The molecule has 2 aromatic carbocycles. The van der Waals surface area contributed by atoms with E-state index < -0.39 is 0 Å². The molecular formula is C23H32N4O2. The summed E-state index contributed by atoms with van der Waals surface area (Å²) in [7, 11) is 1.75. The Balaban J connectivity index is 1.71. The molecule has 2 aromatic rings. The molecule has 156 valence electrons. The summed E-state index contributed by atoms with van der Waals surface area (Å²) in [4.78, 5) is 16.3. The summed E-state index contributed by atoms with van der Waals surface area (Å²) in [6.07, 6.45) is 1.69. The SMILES string of the molecule is CCC(C)C(=O)Nc1cccc(CNC(=NC)NCCCOc2ccccc2)c1. The van der Waals surface area contributed by atoms with Crippen LogP contribution in [0.4, 0.5) is 5.69 Å². The number of hydrogen-bond donors (Lipinski definition) is 3. The second-order valence-corrected chi connectivity index (χ2v) is 6.87. The Morgan fingerprint density at radius 2 is 1.90 bits per heavy atom. The lowest BCUT2D eigenvalue weighted by molar-refractivity contribution is -0.119. The molecule has 6 heteroatoms. The van der Waals surface area contributed by atoms with Crippen LogP contribution in [0.2, 0.25) is 0 Å². The summed E-state index contributed by atoms with van der Waals surface area (Å²) in [5.74, 6) is 1.67. The van der Waals surface area contributed by atoms with Crippen molar-refractivity contribution in [2.75, 3.05) is 25.5 Å². The van der Waals surface area contributed by atoms with Crippen LogP contribution in [0.5, 0.6) is 5.75 Å². The van der Waals surface area contributed by atoms with Crippen molar-refractivity contribution in [3.05, 3.63) is 60.2 Å². The third-order valence-corrected chi connectivity index (χ3v) is 4.56. The summed E-state index contributed by atoms with van der Waals surface area (Å²) in [5.41, 5.74) is 1.89. The van der Waals surface area contributed by atoms with Gasteiger partial charge in [0, 0.05) is 31.7 Å². The molecule has 1 atom stereocenters. The molecule has 3 N–H and O–H groups in total. The van der Waals surface area contributed by atoms with Crippen LogP contribution in [0.25, 0.3) is 0 Å². The molecule has 0 aliphatic carbocycles. The van der Waals surface area contributed by atoms with Crippen LogP contribution < -0.4 is 20.7 Å². The smallest absolute Gasteiger partial charge is 0.227 e. The van der Waals surface area contributed by atoms with E-state index in [1.54, 1.807) is 7.05 Å². The molecule has 0 aliphatic rings. The molecule has 1 amide bonds. The molecule has 0 saturated carbocycles. The lowest BCUT2D eigenvalue weighted by atomic mass is 10.1. The van der Waals surface area contributed by atoms with Crippen LogP contribution in [0, 0.1) is 5.92 Å². The van der Waals surface area contributed by atoms with E-state index in [1.165, 1.54) is 0 Å². The van der Waals surface area contributed by atoms with Gasteiger partial charge in [-0.1, -0.05) is 44.2 Å². The van der Waals surface area contributed by atoms with Gasteiger partial charge in [-0.3, -0.25) is 9.79 Å². The number of benzene rings is 2.